The molecule has 0 spiro atoms. The zero-order chi connectivity index (χ0) is 22.3. The van der Waals surface area contributed by atoms with Crippen molar-refractivity contribution >= 4 is 6.09 Å². The lowest BCUT2D eigenvalue weighted by atomic mass is 9.78. The van der Waals surface area contributed by atoms with Crippen molar-refractivity contribution in [1.82, 2.24) is 10.2 Å². The van der Waals surface area contributed by atoms with Crippen LogP contribution in [0.2, 0.25) is 0 Å². The van der Waals surface area contributed by atoms with Crippen molar-refractivity contribution in [3.05, 3.63) is 53.6 Å². The summed E-state index contributed by atoms with van der Waals surface area (Å²) in [6.45, 7) is 7.79. The molecule has 0 radical (unpaired) electrons. The van der Waals surface area contributed by atoms with Crippen molar-refractivity contribution in [3.8, 4) is 22.9 Å². The number of alkyl carbamates (subject to hydrolysis) is 1. The first kappa shape index (κ1) is 20.8. The van der Waals surface area contributed by atoms with Crippen molar-refractivity contribution in [1.29, 1.82) is 5.26 Å². The third-order valence-corrected chi connectivity index (χ3v) is 7.17. The first-order valence-electron chi connectivity index (χ1n) is 11.4. The number of amides is 1. The minimum absolute atomic E-state index is 0.0151. The zero-order valence-electron chi connectivity index (χ0n) is 18.6. The van der Waals surface area contributed by atoms with E-state index in [0.717, 1.165) is 54.9 Å². The van der Waals surface area contributed by atoms with Crippen LogP contribution in [-0.2, 0) is 4.74 Å². The number of nitriles is 1. The van der Waals surface area contributed by atoms with Gasteiger partial charge in [0.05, 0.1) is 24.3 Å². The molecule has 2 atom stereocenters. The Bertz CT molecular complexity index is 1050. The van der Waals surface area contributed by atoms with Gasteiger partial charge in [-0.2, -0.15) is 5.26 Å². The van der Waals surface area contributed by atoms with Crippen molar-refractivity contribution < 1.29 is 14.3 Å². The van der Waals surface area contributed by atoms with Gasteiger partial charge in [0.2, 0.25) is 0 Å². The summed E-state index contributed by atoms with van der Waals surface area (Å²) in [5.41, 5.74) is 3.37. The second-order valence-electron chi connectivity index (χ2n) is 9.88. The molecule has 2 aromatic carbocycles. The number of rotatable bonds is 3. The van der Waals surface area contributed by atoms with Gasteiger partial charge < -0.3 is 14.8 Å². The average Bonchev–Trinajstić information content (AvgIpc) is 2.81. The van der Waals surface area contributed by atoms with Gasteiger partial charge in [-0.05, 0) is 61.2 Å². The Kier molecular flexibility index (Phi) is 5.30. The summed E-state index contributed by atoms with van der Waals surface area (Å²) in [4.78, 5) is 15.3. The number of piperidine rings is 3. The third-order valence-electron chi connectivity index (χ3n) is 7.17. The summed E-state index contributed by atoms with van der Waals surface area (Å²) >= 11 is 0. The number of hydrogen-bond donors (Lipinski definition) is 1. The van der Waals surface area contributed by atoms with Gasteiger partial charge in [-0.15, -0.1) is 0 Å². The predicted octanol–water partition coefficient (Wildman–Crippen LogP) is 4.51. The average molecular weight is 432 g/mol. The van der Waals surface area contributed by atoms with E-state index < -0.39 is 0 Å². The fourth-order valence-electron chi connectivity index (χ4n) is 5.19. The Morgan fingerprint density at radius 2 is 1.88 bits per heavy atom. The Balaban J connectivity index is 1.34. The van der Waals surface area contributed by atoms with E-state index in [2.05, 4.69) is 30.1 Å². The monoisotopic (exact) mass is 431 g/mol. The van der Waals surface area contributed by atoms with Crippen LogP contribution >= 0.6 is 0 Å². The van der Waals surface area contributed by atoms with E-state index in [9.17, 15) is 4.79 Å². The molecule has 166 valence electrons. The maximum absolute atomic E-state index is 12.9. The molecule has 0 saturated carbocycles. The number of ether oxygens (including phenoxy) is 2. The van der Waals surface area contributed by atoms with Crippen molar-refractivity contribution in [3.63, 3.8) is 0 Å². The van der Waals surface area contributed by atoms with Crippen molar-refractivity contribution in [2.24, 2.45) is 11.3 Å². The second kappa shape index (κ2) is 8.14. The minimum atomic E-state index is -0.342. The molecule has 1 unspecified atom stereocenters. The quantitative estimate of drug-likeness (QED) is 0.774. The van der Waals surface area contributed by atoms with Gasteiger partial charge in [-0.1, -0.05) is 38.1 Å². The Labute approximate surface area is 189 Å². The molecular formula is C26H29N3O3. The number of fused-ring (bicyclic) bond motifs is 4. The SMILES string of the molecule is CC1(C)COc2cc(-c3ccc(C#N)cc3)ccc2C1NC(=O)O[C@H]1CN2CCC1CC2. The summed E-state index contributed by atoms with van der Waals surface area (Å²) in [5, 5.41) is 12.2. The molecular weight excluding hydrogens is 402 g/mol. The molecule has 0 aliphatic carbocycles. The first-order valence-corrected chi connectivity index (χ1v) is 11.4. The molecule has 4 aliphatic heterocycles. The van der Waals surface area contributed by atoms with Crippen LogP contribution in [0.25, 0.3) is 11.1 Å². The molecule has 4 aliphatic rings. The number of carbonyl (C=O) groups excluding carboxylic acids is 1. The van der Waals surface area contributed by atoms with Crippen LogP contribution in [0.4, 0.5) is 4.79 Å². The lowest BCUT2D eigenvalue weighted by molar-refractivity contribution is -0.0361. The zero-order valence-corrected chi connectivity index (χ0v) is 18.6. The lowest BCUT2D eigenvalue weighted by Gasteiger charge is -2.44. The molecule has 6 rings (SSSR count). The molecule has 0 aromatic heterocycles. The van der Waals surface area contributed by atoms with Crippen LogP contribution in [0.1, 0.15) is 43.9 Å². The van der Waals surface area contributed by atoms with Gasteiger partial charge in [-0.25, -0.2) is 4.79 Å². The normalized spacial score (nSPS) is 27.5. The molecule has 6 nitrogen and oxygen atoms in total. The molecule has 6 heteroatoms. The number of benzene rings is 2. The molecule has 32 heavy (non-hydrogen) atoms. The van der Waals surface area contributed by atoms with E-state index in [1.165, 1.54) is 0 Å². The highest BCUT2D eigenvalue weighted by molar-refractivity contribution is 5.70. The van der Waals surface area contributed by atoms with Crippen LogP contribution in [0.5, 0.6) is 5.75 Å². The highest BCUT2D eigenvalue weighted by Crippen LogP contribution is 2.44. The topological polar surface area (TPSA) is 74.6 Å². The molecule has 3 saturated heterocycles. The molecule has 3 fully saturated rings. The van der Waals surface area contributed by atoms with Gasteiger partial charge in [0.25, 0.3) is 0 Å². The van der Waals surface area contributed by atoms with Crippen LogP contribution < -0.4 is 10.1 Å². The number of hydrogen-bond acceptors (Lipinski definition) is 5. The van der Waals surface area contributed by atoms with E-state index in [1.807, 2.05) is 42.5 Å². The van der Waals surface area contributed by atoms with Gasteiger partial charge in [0.1, 0.15) is 11.9 Å². The van der Waals surface area contributed by atoms with Gasteiger partial charge in [0, 0.05) is 17.5 Å². The maximum Gasteiger partial charge on any atom is 0.407 e. The first-order chi connectivity index (χ1) is 15.4. The Morgan fingerprint density at radius 1 is 1.16 bits per heavy atom. The van der Waals surface area contributed by atoms with Crippen LogP contribution in [-0.4, -0.2) is 43.3 Å². The Hall–Kier alpha value is -3.04. The lowest BCUT2D eigenvalue weighted by Crippen LogP contribution is -2.53. The minimum Gasteiger partial charge on any atom is -0.493 e. The number of nitrogens with one attached hydrogen (secondary N) is 1. The van der Waals surface area contributed by atoms with E-state index in [0.29, 0.717) is 18.1 Å². The smallest absolute Gasteiger partial charge is 0.407 e. The molecule has 2 bridgehead atoms. The highest BCUT2D eigenvalue weighted by Gasteiger charge is 2.41. The summed E-state index contributed by atoms with van der Waals surface area (Å²) in [5.74, 6) is 1.26. The van der Waals surface area contributed by atoms with Gasteiger partial charge in [0.15, 0.2) is 0 Å². The fraction of sp³-hybridized carbons (Fsp3) is 0.462. The summed E-state index contributed by atoms with van der Waals surface area (Å²) in [6, 6.07) is 15.5. The number of nitrogens with zero attached hydrogens (tertiary/aromatic N) is 2. The number of carbonyl (C=O) groups is 1. The van der Waals surface area contributed by atoms with Crippen LogP contribution in [0, 0.1) is 22.7 Å². The highest BCUT2D eigenvalue weighted by atomic mass is 16.6. The summed E-state index contributed by atoms with van der Waals surface area (Å²) < 4.78 is 12.0. The summed E-state index contributed by atoms with van der Waals surface area (Å²) in [7, 11) is 0. The van der Waals surface area contributed by atoms with E-state index in [1.54, 1.807) is 0 Å². The third kappa shape index (κ3) is 3.93. The maximum atomic E-state index is 12.9. The molecule has 1 amide bonds. The largest absolute Gasteiger partial charge is 0.493 e. The van der Waals surface area contributed by atoms with E-state index >= 15 is 0 Å². The summed E-state index contributed by atoms with van der Waals surface area (Å²) in [6.07, 6.45) is 1.87. The van der Waals surface area contributed by atoms with E-state index in [-0.39, 0.29) is 23.7 Å². The van der Waals surface area contributed by atoms with Crippen molar-refractivity contribution in [2.45, 2.75) is 38.8 Å². The van der Waals surface area contributed by atoms with Crippen LogP contribution in [0.15, 0.2) is 42.5 Å². The van der Waals surface area contributed by atoms with Gasteiger partial charge in [-0.3, -0.25) is 4.90 Å². The second-order valence-corrected chi connectivity index (χ2v) is 9.88. The Morgan fingerprint density at radius 3 is 2.53 bits per heavy atom. The van der Waals surface area contributed by atoms with Gasteiger partial charge >= 0.3 is 6.09 Å². The fourth-order valence-corrected chi connectivity index (χ4v) is 5.19. The molecule has 4 heterocycles. The predicted molar refractivity (Wildman–Crippen MR) is 121 cm³/mol. The standard InChI is InChI=1S/C26H29N3O3/c1-26(2)16-31-22-13-20(18-5-3-17(14-27)4-6-18)7-8-21(22)24(26)28-25(30)32-23-15-29-11-9-19(23)10-12-29/h3-8,13,19,23-24H,9-12,15-16H2,1-2H3,(H,28,30)/t23-,24?/m0/s1. The molecule has 2 aromatic rings. The molecule has 1 N–H and O–H groups in total. The van der Waals surface area contributed by atoms with E-state index in [4.69, 9.17) is 14.7 Å². The van der Waals surface area contributed by atoms with Crippen LogP contribution in [0.3, 0.4) is 0 Å². The van der Waals surface area contributed by atoms with Crippen molar-refractivity contribution in [2.75, 3.05) is 26.2 Å².